The molecule has 0 saturated carbocycles. The maximum Gasteiger partial charge on any atom is -0.0182 e. The van der Waals surface area contributed by atoms with Gasteiger partial charge in [0.1, 0.15) is 0 Å². The zero-order valence-electron chi connectivity index (χ0n) is 41.6. The molecule has 0 aliphatic heterocycles. The molecule has 0 amide bonds. The minimum Gasteiger partial charge on any atom is -0.0654 e. The summed E-state index contributed by atoms with van der Waals surface area (Å²) in [4.78, 5) is 0. The average Bonchev–Trinajstić information content (AvgIpc) is 3.19. The van der Waals surface area contributed by atoms with Crippen molar-refractivity contribution in [2.45, 2.75) is 332 Å². The van der Waals surface area contributed by atoms with Gasteiger partial charge in [0.2, 0.25) is 0 Å². The monoisotopic (exact) mass is 787 g/mol. The van der Waals surface area contributed by atoms with E-state index in [2.05, 4.69) is 69.2 Å². The summed E-state index contributed by atoms with van der Waals surface area (Å²) in [6.45, 7) is 25.2. The van der Waals surface area contributed by atoms with Gasteiger partial charge in [-0.3, -0.25) is 0 Å². The lowest BCUT2D eigenvalue weighted by atomic mass is 9.39. The first-order valence-corrected chi connectivity index (χ1v) is 27.3. The highest BCUT2D eigenvalue weighted by atomic mass is 14.7. The van der Waals surface area contributed by atoms with Gasteiger partial charge in [-0.25, -0.2) is 0 Å². The first-order chi connectivity index (χ1) is 27.3. The molecule has 0 aliphatic rings. The molecule has 0 rings (SSSR count). The zero-order chi connectivity index (χ0) is 41.6. The standard InChI is InChI=1S/C56H114/c1-11-18-24-29-32-34-37-42-47-54(45-40-35-27-21-14-4,46-41-36-31-26-20-13-3)56(49-39-23-16-6,50-44-28-22-15-5)55(51-52(8)9,53(10)17-7)48-43-38-33-30-25-19-12-2/h52-53H,11-51H2,1-10H3. The van der Waals surface area contributed by atoms with Gasteiger partial charge in [0.25, 0.3) is 0 Å². The van der Waals surface area contributed by atoms with Crippen molar-refractivity contribution in [3.8, 4) is 0 Å². The quantitative estimate of drug-likeness (QED) is 0.0539. The Balaban J connectivity index is 7.65. The maximum atomic E-state index is 2.80. The Bertz CT molecular complexity index is 781. The Morgan fingerprint density at radius 2 is 0.536 bits per heavy atom. The van der Waals surface area contributed by atoms with Crippen LogP contribution in [0.15, 0.2) is 0 Å². The Labute approximate surface area is 359 Å². The SMILES string of the molecule is CCCCCCCCCCC(CCCCCCC)(CCCCCCCC)C(CCCCC)(CCCCCC)C(CCCCCCCCC)(CC(C)C)C(C)CC. The van der Waals surface area contributed by atoms with Crippen molar-refractivity contribution in [2.75, 3.05) is 0 Å². The third-order valence-corrected chi connectivity index (χ3v) is 15.5. The third kappa shape index (κ3) is 22.6. The van der Waals surface area contributed by atoms with E-state index >= 15 is 0 Å². The molecule has 0 radical (unpaired) electrons. The summed E-state index contributed by atoms with van der Waals surface area (Å²) < 4.78 is 0. The molecule has 0 fully saturated rings. The van der Waals surface area contributed by atoms with Gasteiger partial charge in [0.15, 0.2) is 0 Å². The predicted molar refractivity (Wildman–Crippen MR) is 260 cm³/mol. The molecule has 0 bridgehead atoms. The Hall–Kier alpha value is 0. The summed E-state index contributed by atoms with van der Waals surface area (Å²) in [5.74, 6) is 1.58. The number of hydrogen-bond acceptors (Lipinski definition) is 0. The van der Waals surface area contributed by atoms with Crippen LogP contribution >= 0.6 is 0 Å². The van der Waals surface area contributed by atoms with E-state index in [1.165, 1.54) is 263 Å². The molecule has 56 heavy (non-hydrogen) atoms. The van der Waals surface area contributed by atoms with Gasteiger partial charge >= 0.3 is 0 Å². The van der Waals surface area contributed by atoms with Crippen molar-refractivity contribution in [3.05, 3.63) is 0 Å². The van der Waals surface area contributed by atoms with E-state index < -0.39 is 0 Å². The molecule has 0 aromatic carbocycles. The maximum absolute atomic E-state index is 2.80. The molecule has 0 saturated heterocycles. The summed E-state index contributed by atoms with van der Waals surface area (Å²) in [6, 6.07) is 0. The first-order valence-electron chi connectivity index (χ1n) is 27.3. The molecule has 0 heterocycles. The summed E-state index contributed by atoms with van der Waals surface area (Å²) >= 11 is 0. The largest absolute Gasteiger partial charge is 0.0654 e. The lowest BCUT2D eigenvalue weighted by Crippen LogP contribution is -2.57. The van der Waals surface area contributed by atoms with E-state index in [0.29, 0.717) is 16.2 Å². The molecular weight excluding hydrogens is 673 g/mol. The third-order valence-electron chi connectivity index (χ3n) is 15.5. The molecule has 338 valence electrons. The van der Waals surface area contributed by atoms with Gasteiger partial charge in [0, 0.05) is 0 Å². The van der Waals surface area contributed by atoms with E-state index in [0.717, 1.165) is 11.8 Å². The van der Waals surface area contributed by atoms with Crippen molar-refractivity contribution < 1.29 is 0 Å². The fourth-order valence-electron chi connectivity index (χ4n) is 12.2. The highest BCUT2D eigenvalue weighted by Crippen LogP contribution is 2.70. The van der Waals surface area contributed by atoms with Crippen molar-refractivity contribution in [1.29, 1.82) is 0 Å². The molecule has 4 unspecified atom stereocenters. The van der Waals surface area contributed by atoms with E-state index in [1.807, 2.05) is 0 Å². The number of rotatable bonds is 45. The van der Waals surface area contributed by atoms with Crippen molar-refractivity contribution >= 4 is 0 Å². The van der Waals surface area contributed by atoms with Crippen LogP contribution in [0.2, 0.25) is 0 Å². The van der Waals surface area contributed by atoms with Crippen molar-refractivity contribution in [1.82, 2.24) is 0 Å². The number of hydrogen-bond donors (Lipinski definition) is 0. The van der Waals surface area contributed by atoms with Crippen molar-refractivity contribution in [3.63, 3.8) is 0 Å². The molecular formula is C56H114. The van der Waals surface area contributed by atoms with Gasteiger partial charge in [-0.05, 0) is 73.0 Å². The Morgan fingerprint density at radius 3 is 0.857 bits per heavy atom. The topological polar surface area (TPSA) is 0 Å². The molecule has 0 aromatic heterocycles. The van der Waals surface area contributed by atoms with Gasteiger partial charge < -0.3 is 0 Å². The van der Waals surface area contributed by atoms with Crippen molar-refractivity contribution in [2.24, 2.45) is 28.1 Å². The molecule has 0 heteroatoms. The van der Waals surface area contributed by atoms with Crippen LogP contribution in [0.4, 0.5) is 0 Å². The molecule has 4 atom stereocenters. The van der Waals surface area contributed by atoms with Crippen LogP contribution in [0.25, 0.3) is 0 Å². The van der Waals surface area contributed by atoms with Gasteiger partial charge in [-0.1, -0.05) is 288 Å². The fraction of sp³-hybridized carbons (Fsp3) is 1.00. The summed E-state index contributed by atoms with van der Waals surface area (Å²) in [7, 11) is 0. The summed E-state index contributed by atoms with van der Waals surface area (Å²) in [6.07, 6.45) is 59.8. The molecule has 0 nitrogen and oxygen atoms in total. The van der Waals surface area contributed by atoms with E-state index in [4.69, 9.17) is 0 Å². The minimum atomic E-state index is 0.449. The minimum absolute atomic E-state index is 0.449. The van der Waals surface area contributed by atoms with E-state index in [1.54, 1.807) is 0 Å². The van der Waals surface area contributed by atoms with Crippen LogP contribution in [0, 0.1) is 28.1 Å². The van der Waals surface area contributed by atoms with Crippen LogP contribution in [-0.2, 0) is 0 Å². The van der Waals surface area contributed by atoms with Crippen LogP contribution < -0.4 is 0 Å². The van der Waals surface area contributed by atoms with Gasteiger partial charge in [-0.2, -0.15) is 0 Å². The molecule has 0 N–H and O–H groups in total. The summed E-state index contributed by atoms with van der Waals surface area (Å²) in [5.41, 5.74) is 1.40. The van der Waals surface area contributed by atoms with Gasteiger partial charge in [-0.15, -0.1) is 0 Å². The second-order valence-electron chi connectivity index (χ2n) is 20.5. The fourth-order valence-corrected chi connectivity index (χ4v) is 12.2. The highest BCUT2D eigenvalue weighted by Gasteiger charge is 2.61. The summed E-state index contributed by atoms with van der Waals surface area (Å²) in [5, 5.41) is 0. The van der Waals surface area contributed by atoms with E-state index in [9.17, 15) is 0 Å². The normalized spacial score (nSPS) is 15.9. The van der Waals surface area contributed by atoms with Crippen LogP contribution in [0.1, 0.15) is 332 Å². The number of unbranched alkanes of at least 4 members (excludes halogenated alkanes) is 27. The average molecular weight is 788 g/mol. The Morgan fingerprint density at radius 1 is 0.286 bits per heavy atom. The molecule has 0 spiro atoms. The second-order valence-corrected chi connectivity index (χ2v) is 20.5. The lowest BCUT2D eigenvalue weighted by molar-refractivity contribution is -0.164. The van der Waals surface area contributed by atoms with Crippen LogP contribution in [-0.4, -0.2) is 0 Å². The van der Waals surface area contributed by atoms with Gasteiger partial charge in [0.05, 0.1) is 0 Å². The lowest BCUT2D eigenvalue weighted by Gasteiger charge is -2.65. The molecule has 0 aromatic rings. The molecule has 0 aliphatic carbocycles. The Kier molecular flexibility index (Phi) is 38.0. The smallest absolute Gasteiger partial charge is 0.0182 e. The van der Waals surface area contributed by atoms with E-state index in [-0.39, 0.29) is 0 Å². The highest BCUT2D eigenvalue weighted by molar-refractivity contribution is 5.10. The first kappa shape index (κ1) is 56.0. The predicted octanol–water partition coefficient (Wildman–Crippen LogP) is 21.4. The zero-order valence-corrected chi connectivity index (χ0v) is 41.6. The van der Waals surface area contributed by atoms with Crippen LogP contribution in [0.5, 0.6) is 0 Å². The van der Waals surface area contributed by atoms with Crippen LogP contribution in [0.3, 0.4) is 0 Å². The second kappa shape index (κ2) is 38.0.